The molecule has 0 spiro atoms. The van der Waals surface area contributed by atoms with Crippen LogP contribution in [0.1, 0.15) is 40.5 Å². The van der Waals surface area contributed by atoms with E-state index in [-0.39, 0.29) is 5.92 Å². The fourth-order valence-corrected chi connectivity index (χ4v) is 2.54. The molecule has 15 heavy (non-hydrogen) atoms. The van der Waals surface area contributed by atoms with Gasteiger partial charge in [-0.3, -0.25) is 4.79 Å². The van der Waals surface area contributed by atoms with E-state index in [2.05, 4.69) is 26.8 Å². The summed E-state index contributed by atoms with van der Waals surface area (Å²) >= 11 is 0. The van der Waals surface area contributed by atoms with Crippen LogP contribution in [0.2, 0.25) is 0 Å². The summed E-state index contributed by atoms with van der Waals surface area (Å²) in [5.41, 5.74) is 1.38. The Hall–Kier alpha value is -0.850. The number of hydrogen-bond acceptors (Lipinski definition) is 1. The van der Waals surface area contributed by atoms with Crippen LogP contribution in [0.25, 0.3) is 0 Å². The predicted molar refractivity (Wildman–Crippen MR) is 64.6 cm³/mol. The molecule has 1 aliphatic rings. The Morgan fingerprint density at radius 3 is 2.80 bits per heavy atom. The molecule has 84 valence electrons. The van der Waals surface area contributed by atoms with E-state index in [1.165, 1.54) is 5.57 Å². The highest BCUT2D eigenvalue weighted by Crippen LogP contribution is 2.37. The summed E-state index contributed by atoms with van der Waals surface area (Å²) in [6, 6.07) is 0. The number of carbonyl (C=O) groups excluding carboxylic acids is 1. The highest BCUT2D eigenvalue weighted by atomic mass is 16.1. The summed E-state index contributed by atoms with van der Waals surface area (Å²) in [4.78, 5) is 12.0. The molecule has 0 bridgehead atoms. The molecule has 0 aromatic heterocycles. The predicted octanol–water partition coefficient (Wildman–Crippen LogP) is 3.76. The second-order valence-corrected chi connectivity index (χ2v) is 4.57. The van der Waals surface area contributed by atoms with Gasteiger partial charge in [-0.1, -0.05) is 38.0 Å². The molecular formula is C14H22O. The van der Waals surface area contributed by atoms with Crippen molar-refractivity contribution in [3.63, 3.8) is 0 Å². The molecule has 0 aromatic carbocycles. The van der Waals surface area contributed by atoms with E-state index in [0.29, 0.717) is 17.6 Å². The van der Waals surface area contributed by atoms with Crippen LogP contribution >= 0.6 is 0 Å². The fourth-order valence-electron chi connectivity index (χ4n) is 2.54. The van der Waals surface area contributed by atoms with Crippen LogP contribution in [0.5, 0.6) is 0 Å². The minimum Gasteiger partial charge on any atom is -0.295 e. The maximum atomic E-state index is 12.0. The zero-order chi connectivity index (χ0) is 11.4. The Kier molecular flexibility index (Phi) is 4.31. The molecule has 0 heterocycles. The van der Waals surface area contributed by atoms with E-state index in [9.17, 15) is 4.79 Å². The third-order valence-corrected chi connectivity index (χ3v) is 3.69. The third kappa shape index (κ3) is 2.58. The van der Waals surface area contributed by atoms with Crippen LogP contribution < -0.4 is 0 Å². The normalized spacial score (nSPS) is 31.7. The minimum absolute atomic E-state index is 0.205. The fraction of sp³-hybridized carbons (Fsp3) is 0.643. The van der Waals surface area contributed by atoms with Gasteiger partial charge >= 0.3 is 0 Å². The number of hydrogen-bond donors (Lipinski definition) is 0. The first-order valence-corrected chi connectivity index (χ1v) is 5.95. The first-order valence-electron chi connectivity index (χ1n) is 5.95. The van der Waals surface area contributed by atoms with Crippen molar-refractivity contribution in [2.45, 2.75) is 40.5 Å². The van der Waals surface area contributed by atoms with Gasteiger partial charge in [0.25, 0.3) is 0 Å². The summed E-state index contributed by atoms with van der Waals surface area (Å²) in [5, 5.41) is 0. The summed E-state index contributed by atoms with van der Waals surface area (Å²) in [5.74, 6) is 1.46. The van der Waals surface area contributed by atoms with Crippen molar-refractivity contribution in [1.29, 1.82) is 0 Å². The maximum absolute atomic E-state index is 12.0. The van der Waals surface area contributed by atoms with Gasteiger partial charge in [0.05, 0.1) is 0 Å². The van der Waals surface area contributed by atoms with Crippen molar-refractivity contribution < 1.29 is 4.79 Å². The lowest BCUT2D eigenvalue weighted by Crippen LogP contribution is -2.31. The van der Waals surface area contributed by atoms with Gasteiger partial charge in [-0.05, 0) is 38.2 Å². The van der Waals surface area contributed by atoms with Crippen LogP contribution in [0.15, 0.2) is 23.8 Å². The highest BCUT2D eigenvalue weighted by molar-refractivity contribution is 5.92. The average molecular weight is 206 g/mol. The Morgan fingerprint density at radius 2 is 2.27 bits per heavy atom. The molecule has 0 fully saturated rings. The van der Waals surface area contributed by atoms with Crippen LogP contribution in [-0.4, -0.2) is 5.78 Å². The molecule has 1 rings (SSSR count). The number of carbonyl (C=O) groups is 1. The Bertz CT molecular complexity index is 286. The molecule has 0 saturated heterocycles. The molecule has 1 aliphatic carbocycles. The van der Waals surface area contributed by atoms with Gasteiger partial charge in [-0.25, -0.2) is 0 Å². The monoisotopic (exact) mass is 206 g/mol. The average Bonchev–Trinajstić information content (AvgIpc) is 2.22. The smallest absolute Gasteiger partial charge is 0.159 e. The van der Waals surface area contributed by atoms with E-state index in [4.69, 9.17) is 0 Å². The van der Waals surface area contributed by atoms with Gasteiger partial charge in [-0.15, -0.1) is 0 Å². The van der Waals surface area contributed by atoms with E-state index in [0.717, 1.165) is 12.8 Å². The number of allylic oxidation sites excluding steroid dienone is 4. The topological polar surface area (TPSA) is 17.1 Å². The van der Waals surface area contributed by atoms with Crippen molar-refractivity contribution in [2.75, 3.05) is 0 Å². The third-order valence-electron chi connectivity index (χ3n) is 3.69. The van der Waals surface area contributed by atoms with Gasteiger partial charge in [0.15, 0.2) is 5.78 Å². The van der Waals surface area contributed by atoms with Gasteiger partial charge in [-0.2, -0.15) is 0 Å². The maximum Gasteiger partial charge on any atom is 0.159 e. The molecule has 0 radical (unpaired) electrons. The van der Waals surface area contributed by atoms with Crippen LogP contribution in [0.3, 0.4) is 0 Å². The van der Waals surface area contributed by atoms with Gasteiger partial charge in [0.2, 0.25) is 0 Å². The quantitative estimate of drug-likeness (QED) is 0.507. The largest absolute Gasteiger partial charge is 0.295 e. The summed E-state index contributed by atoms with van der Waals surface area (Å²) in [6.45, 7) is 8.42. The van der Waals surface area contributed by atoms with Crippen molar-refractivity contribution >= 4 is 5.78 Å². The van der Waals surface area contributed by atoms with E-state index in [1.54, 1.807) is 6.08 Å². The van der Waals surface area contributed by atoms with Crippen LogP contribution in [-0.2, 0) is 4.79 Å². The molecule has 0 N–H and O–H groups in total. The molecule has 0 amide bonds. The van der Waals surface area contributed by atoms with Crippen molar-refractivity contribution in [3.8, 4) is 0 Å². The lowest BCUT2D eigenvalue weighted by Gasteiger charge is -2.33. The zero-order valence-electron chi connectivity index (χ0n) is 10.3. The minimum atomic E-state index is 0.205. The standard InChI is InChI=1S/C14H22O/c1-5-7-13(15)14-11(4)10(3)8-9-12(14)6-2/h5,7-8,11-12,14H,6,9H2,1-4H3/b7-5+. The van der Waals surface area contributed by atoms with E-state index in [1.807, 2.05) is 13.0 Å². The SMILES string of the molecule is C/C=C/C(=O)C1C(CC)CC=C(C)C1C. The highest BCUT2D eigenvalue weighted by Gasteiger charge is 2.33. The number of rotatable bonds is 3. The molecular weight excluding hydrogens is 184 g/mol. The van der Waals surface area contributed by atoms with Gasteiger partial charge < -0.3 is 0 Å². The Balaban J connectivity index is 2.90. The summed E-state index contributed by atoms with van der Waals surface area (Å²) in [6.07, 6.45) is 8.07. The van der Waals surface area contributed by atoms with Gasteiger partial charge in [0, 0.05) is 5.92 Å². The molecule has 3 unspecified atom stereocenters. The second kappa shape index (κ2) is 5.29. The Morgan fingerprint density at radius 1 is 1.60 bits per heavy atom. The van der Waals surface area contributed by atoms with Crippen LogP contribution in [0, 0.1) is 17.8 Å². The second-order valence-electron chi connectivity index (χ2n) is 4.57. The molecule has 0 aromatic rings. The first-order chi connectivity index (χ1) is 7.11. The van der Waals surface area contributed by atoms with E-state index < -0.39 is 0 Å². The zero-order valence-corrected chi connectivity index (χ0v) is 10.3. The van der Waals surface area contributed by atoms with Crippen molar-refractivity contribution in [1.82, 2.24) is 0 Å². The molecule has 0 saturated carbocycles. The molecule has 3 atom stereocenters. The first kappa shape index (κ1) is 12.2. The lowest BCUT2D eigenvalue weighted by molar-refractivity contribution is -0.121. The van der Waals surface area contributed by atoms with Gasteiger partial charge in [0.1, 0.15) is 0 Å². The number of ketones is 1. The molecule has 0 aliphatic heterocycles. The van der Waals surface area contributed by atoms with Crippen molar-refractivity contribution in [3.05, 3.63) is 23.8 Å². The van der Waals surface area contributed by atoms with Crippen molar-refractivity contribution in [2.24, 2.45) is 17.8 Å². The van der Waals surface area contributed by atoms with E-state index >= 15 is 0 Å². The Labute approximate surface area is 93.3 Å². The summed E-state index contributed by atoms with van der Waals surface area (Å²) in [7, 11) is 0. The summed E-state index contributed by atoms with van der Waals surface area (Å²) < 4.78 is 0. The lowest BCUT2D eigenvalue weighted by atomic mass is 9.70. The molecule has 1 nitrogen and oxygen atoms in total. The van der Waals surface area contributed by atoms with Crippen LogP contribution in [0.4, 0.5) is 0 Å². The molecule has 1 heteroatoms.